The molecule has 5 aromatic carbocycles. The Hall–Kier alpha value is -8.42. The Kier molecular flexibility index (Phi) is 48.2. The molecule has 0 spiro atoms. The van der Waals surface area contributed by atoms with Gasteiger partial charge in [0.2, 0.25) is 5.56 Å². The first-order valence-corrected chi connectivity index (χ1v) is 41.0. The predicted octanol–water partition coefficient (Wildman–Crippen LogP) is 24.6. The zero-order chi connectivity index (χ0) is 80.8. The summed E-state index contributed by atoms with van der Waals surface area (Å²) in [7, 11) is 0. The maximum atomic E-state index is 11.5. The maximum Gasteiger partial charge on any atom is 0.248 e. The minimum absolute atomic E-state index is 0.0465. The Morgan fingerprint density at radius 3 is 1.79 bits per heavy atom. The second-order valence-electron chi connectivity index (χ2n) is 28.1. The molecule has 107 heavy (non-hydrogen) atoms. The number of pyridine rings is 3. The molecule has 3 aliphatic heterocycles. The minimum Gasteiger partial charge on any atom is -0.385 e. The van der Waals surface area contributed by atoms with E-state index in [9.17, 15) is 9.59 Å². The summed E-state index contributed by atoms with van der Waals surface area (Å²) in [5, 5.41) is 18.8. The van der Waals surface area contributed by atoms with E-state index in [1.165, 1.54) is 95.2 Å². The molecule has 0 amide bonds. The van der Waals surface area contributed by atoms with Crippen LogP contribution in [0.4, 0.5) is 5.69 Å². The number of aryl methyl sites for hydroxylation is 2. The standard InChI is InChI=1S/C13H19N.2C12H13NO.C12H17N.2C11H12N2.C9H17N3.7C2H6/c1-13(2,3)11-6-7-12-10(9-11)5-4-8-14-12;1-8(2)9-3-5-11-10(7-9)4-6-12(14)13-11;1-8(2)9-3-4-11-10(7-9)12(14)5-6-13-11;1-9(2)10-5-6-12-11(8-10)4-3-7-13-12;1-8(2)9-3-4-11-10(7-9)5-6-12-13-11;1-8(2)11-12-7-9-5-3-4-6-10(9)13-11;1-7(2)12-4-3-8-9(5-12)11-6-10-8;7*1-2/h6-7,9,14H,4-5,8H2,1-3H3;2*3-8H,1-2H3,(H,13,14);3-4,7,9-10H,5-6,8H2,1-2H3;2*3-8H,1-2H3;6-9H,3-5H2,1-2H3,(H,10,11);7*1-2H3. The van der Waals surface area contributed by atoms with Gasteiger partial charge in [0.1, 0.15) is 5.82 Å². The van der Waals surface area contributed by atoms with Crippen molar-refractivity contribution in [3.63, 3.8) is 0 Å². The molecule has 4 aliphatic rings. The Morgan fingerprint density at radius 1 is 0.542 bits per heavy atom. The van der Waals surface area contributed by atoms with Gasteiger partial charge in [-0.1, -0.05) is 242 Å². The van der Waals surface area contributed by atoms with Gasteiger partial charge in [-0.3, -0.25) is 24.5 Å². The fraction of sp³-hybridized carbons (Fsp3) is 0.511. The number of nitrogens with zero attached hydrogens (tertiary/aromatic N) is 7. The van der Waals surface area contributed by atoms with Crippen LogP contribution in [0.1, 0.15) is 289 Å². The van der Waals surface area contributed by atoms with Crippen molar-refractivity contribution in [1.29, 1.82) is 0 Å². The summed E-state index contributed by atoms with van der Waals surface area (Å²) in [5.41, 5.74) is 15.0. The van der Waals surface area contributed by atoms with Crippen molar-refractivity contribution in [2.75, 3.05) is 25.0 Å². The number of H-pyrrole nitrogens is 2. The van der Waals surface area contributed by atoms with Gasteiger partial charge in [0.15, 0.2) is 5.43 Å². The highest BCUT2D eigenvalue weighted by atomic mass is 16.1. The number of benzene rings is 5. The number of para-hydroxylation sites is 1. The second-order valence-corrected chi connectivity index (χ2v) is 28.1. The Bertz CT molecular complexity index is 4070. The van der Waals surface area contributed by atoms with Gasteiger partial charge in [0.05, 0.1) is 35.7 Å². The summed E-state index contributed by atoms with van der Waals surface area (Å²) >= 11 is 0. The van der Waals surface area contributed by atoms with Gasteiger partial charge < -0.3 is 20.6 Å². The van der Waals surface area contributed by atoms with E-state index < -0.39 is 0 Å². The zero-order valence-corrected chi connectivity index (χ0v) is 72.1. The third kappa shape index (κ3) is 32.5. The molecule has 588 valence electrons. The van der Waals surface area contributed by atoms with E-state index in [1.807, 2.05) is 176 Å². The van der Waals surface area contributed by atoms with Crippen LogP contribution in [0.3, 0.4) is 0 Å². The Balaban J connectivity index is 0.000000607. The van der Waals surface area contributed by atoms with Gasteiger partial charge in [-0.25, -0.2) is 9.97 Å². The van der Waals surface area contributed by atoms with Crippen LogP contribution in [0, 0.1) is 11.8 Å². The molecule has 4 N–H and O–H groups in total. The molecular weight excluding hydrogens is 1320 g/mol. The third-order valence-electron chi connectivity index (χ3n) is 18.1. The highest BCUT2D eigenvalue weighted by molar-refractivity contribution is 5.81. The molecule has 14 rings (SSSR count). The van der Waals surface area contributed by atoms with Gasteiger partial charge in [-0.15, -0.1) is 0 Å². The van der Waals surface area contributed by atoms with Gasteiger partial charge in [-0.05, 0) is 193 Å². The van der Waals surface area contributed by atoms with Crippen molar-refractivity contribution in [2.24, 2.45) is 16.8 Å². The lowest BCUT2D eigenvalue weighted by Crippen LogP contribution is -2.51. The number of aromatic nitrogens is 7. The first kappa shape index (κ1) is 96.6. The molecule has 1 aliphatic carbocycles. The van der Waals surface area contributed by atoms with Crippen LogP contribution < -0.4 is 21.6 Å². The third-order valence-corrected chi connectivity index (χ3v) is 18.1. The second kappa shape index (κ2) is 53.4. The van der Waals surface area contributed by atoms with Gasteiger partial charge >= 0.3 is 0 Å². The van der Waals surface area contributed by atoms with Crippen LogP contribution in [0.15, 0.2) is 173 Å². The first-order valence-electron chi connectivity index (χ1n) is 41.0. The molecule has 0 radical (unpaired) electrons. The van der Waals surface area contributed by atoms with Gasteiger partial charge in [-0.2, -0.15) is 10.2 Å². The Labute approximate surface area is 649 Å². The van der Waals surface area contributed by atoms with Crippen LogP contribution in [0.2, 0.25) is 0 Å². The molecule has 3 atom stereocenters. The topological polar surface area (TPSA) is 170 Å². The number of nitrogens with one attached hydrogen (secondary N) is 4. The number of piperidine rings is 1. The quantitative estimate of drug-likeness (QED) is 0.126. The lowest BCUT2D eigenvalue weighted by Gasteiger charge is -2.36. The van der Waals surface area contributed by atoms with Crippen LogP contribution in [-0.4, -0.2) is 84.1 Å². The van der Waals surface area contributed by atoms with Crippen LogP contribution in [-0.2, 0) is 24.7 Å². The number of hydrogen-bond acceptors (Lipinski definition) is 11. The van der Waals surface area contributed by atoms with Crippen molar-refractivity contribution in [1.82, 2.24) is 45.3 Å². The fourth-order valence-corrected chi connectivity index (χ4v) is 11.8. The number of aliphatic imine (C=N–C) groups is 1. The van der Waals surface area contributed by atoms with Gasteiger partial charge in [0, 0.05) is 101 Å². The fourth-order valence-electron chi connectivity index (χ4n) is 11.8. The van der Waals surface area contributed by atoms with Crippen molar-refractivity contribution in [2.45, 2.75) is 287 Å². The largest absolute Gasteiger partial charge is 0.385 e. The van der Waals surface area contributed by atoms with Crippen molar-refractivity contribution in [3.05, 3.63) is 224 Å². The van der Waals surface area contributed by atoms with Crippen molar-refractivity contribution < 1.29 is 0 Å². The zero-order valence-electron chi connectivity index (χ0n) is 72.1. The molecule has 0 saturated carbocycles. The summed E-state index contributed by atoms with van der Waals surface area (Å²) in [6.45, 7) is 64.6. The number of hydrogen-bond donors (Lipinski definition) is 4. The lowest BCUT2D eigenvalue weighted by molar-refractivity contribution is 0.155. The molecule has 1 saturated heterocycles. The van der Waals surface area contributed by atoms with E-state index in [0.717, 1.165) is 69.0 Å². The molecule has 3 unspecified atom stereocenters. The summed E-state index contributed by atoms with van der Waals surface area (Å²) in [6.07, 6.45) is 16.5. The molecule has 13 heteroatoms. The van der Waals surface area contributed by atoms with E-state index in [-0.39, 0.29) is 16.4 Å². The molecular formula is C94H145N11O2. The smallest absolute Gasteiger partial charge is 0.248 e. The van der Waals surface area contributed by atoms with Gasteiger partial charge in [0.25, 0.3) is 0 Å². The van der Waals surface area contributed by atoms with Crippen molar-refractivity contribution >= 4 is 55.6 Å². The molecule has 10 aromatic rings. The average molecular weight is 1460 g/mol. The van der Waals surface area contributed by atoms with E-state index in [2.05, 4.69) is 220 Å². The van der Waals surface area contributed by atoms with Crippen LogP contribution in [0.5, 0.6) is 0 Å². The minimum atomic E-state index is -0.0465. The number of likely N-dealkylation sites (tertiary alicyclic amines) is 1. The molecule has 1 fully saturated rings. The van der Waals surface area contributed by atoms with E-state index >= 15 is 0 Å². The highest BCUT2D eigenvalue weighted by Crippen LogP contribution is 2.31. The average Bonchev–Trinajstić information content (AvgIpc) is 1.77. The summed E-state index contributed by atoms with van der Waals surface area (Å²) in [4.78, 5) is 48.5. The van der Waals surface area contributed by atoms with E-state index in [1.54, 1.807) is 24.5 Å². The normalized spacial score (nSPS) is 14.6. The molecule has 0 bridgehead atoms. The van der Waals surface area contributed by atoms with Crippen molar-refractivity contribution in [3.8, 4) is 0 Å². The summed E-state index contributed by atoms with van der Waals surface area (Å²) in [6, 6.07) is 46.4. The number of anilines is 1. The van der Waals surface area contributed by atoms with E-state index in [0.29, 0.717) is 41.8 Å². The first-order chi connectivity index (χ1) is 51.5. The van der Waals surface area contributed by atoms with E-state index in [4.69, 9.17) is 0 Å². The maximum absolute atomic E-state index is 11.5. The van der Waals surface area contributed by atoms with Crippen LogP contribution >= 0.6 is 0 Å². The number of aromatic amines is 2. The monoisotopic (exact) mass is 1460 g/mol. The van der Waals surface area contributed by atoms with Crippen LogP contribution in [0.25, 0.3) is 43.6 Å². The highest BCUT2D eigenvalue weighted by Gasteiger charge is 2.31. The Morgan fingerprint density at radius 2 is 1.17 bits per heavy atom. The summed E-state index contributed by atoms with van der Waals surface area (Å²) < 4.78 is 0. The SMILES string of the molecule is CC.CC.CC.CC.CC.CC.CC.CC(C)(C)c1ccc2c(c1)CCCN2.CC(C)C1CCc2ncccc2C1.CC(C)N1CCC2N=CNC2C1.CC(C)c1ccc2[nH]c(=O)ccc2c1.CC(C)c1ccc2[nH]ccc(=O)c2c1.CC(C)c1ccc2nnccc2c1.CC(C)c1ncc2ccccc2n1. The molecule has 8 heterocycles. The number of fused-ring (bicyclic) bond motifs is 7. The lowest BCUT2D eigenvalue weighted by atomic mass is 9.80. The molecule has 13 nitrogen and oxygen atoms in total. The summed E-state index contributed by atoms with van der Waals surface area (Å²) in [5.74, 6) is 4.54. The number of rotatable bonds is 6. The molecule has 5 aromatic heterocycles. The predicted molar refractivity (Wildman–Crippen MR) is 471 cm³/mol.